The molecule has 5 aromatic rings. The Hall–Kier alpha value is -5.71. The lowest BCUT2D eigenvalue weighted by Gasteiger charge is -2.39. The van der Waals surface area contributed by atoms with E-state index in [2.05, 4.69) is 25.4 Å². The molecule has 3 amide bonds. The molecule has 1 unspecified atom stereocenters. The van der Waals surface area contributed by atoms with Crippen LogP contribution in [0, 0.1) is 5.92 Å². The predicted octanol–water partition coefficient (Wildman–Crippen LogP) is 4.90. The lowest BCUT2D eigenvalue weighted by Crippen LogP contribution is -2.48. The van der Waals surface area contributed by atoms with Crippen molar-refractivity contribution >= 4 is 51.0 Å². The van der Waals surface area contributed by atoms with Gasteiger partial charge < -0.3 is 15.0 Å². The Bertz CT molecular complexity index is 2390. The van der Waals surface area contributed by atoms with Gasteiger partial charge in [-0.3, -0.25) is 38.4 Å². The van der Waals surface area contributed by atoms with Crippen LogP contribution in [0.3, 0.4) is 0 Å². The molecule has 8 rings (SSSR count). The van der Waals surface area contributed by atoms with E-state index < -0.39 is 29.7 Å². The smallest absolute Gasteiger partial charge is 0.433 e. The highest BCUT2D eigenvalue weighted by molar-refractivity contribution is 6.04. The fourth-order valence-electron chi connectivity index (χ4n) is 8.48. The van der Waals surface area contributed by atoms with Gasteiger partial charge in [0.15, 0.2) is 0 Å². The Labute approximate surface area is 319 Å². The van der Waals surface area contributed by atoms with Crippen LogP contribution in [0.4, 0.5) is 24.5 Å². The number of aromatic nitrogens is 5. The molecule has 1 aliphatic carbocycles. The Morgan fingerprint density at radius 2 is 1.73 bits per heavy atom. The summed E-state index contributed by atoms with van der Waals surface area (Å²) in [5, 5.41) is 10.6. The molecule has 3 fully saturated rings. The molecular weight excluding hydrogens is 731 g/mol. The predicted molar refractivity (Wildman–Crippen MR) is 202 cm³/mol. The molecule has 3 aliphatic rings. The number of rotatable bonds is 8. The van der Waals surface area contributed by atoms with E-state index in [4.69, 9.17) is 9.84 Å². The van der Waals surface area contributed by atoms with Crippen LogP contribution in [-0.4, -0.2) is 86.4 Å². The summed E-state index contributed by atoms with van der Waals surface area (Å²) in [5.74, 6) is -0.558. The number of carbonyl (C=O) groups is 3. The Balaban J connectivity index is 0.879. The molecule has 5 heterocycles. The number of anilines is 2. The number of methoxy groups -OCH3 is 1. The van der Waals surface area contributed by atoms with E-state index in [1.54, 1.807) is 23.7 Å². The normalized spacial score (nSPS) is 21.1. The number of nitrogens with one attached hydrogen (secondary N) is 2. The van der Waals surface area contributed by atoms with Crippen molar-refractivity contribution < 1.29 is 32.3 Å². The standard InChI is InChI=1S/C39H42F3N9O5/c1-47-35-28(6-4-7-29(35)51(38(47)55)30-13-14-33(52)45-37(30)54)49-17-15-48(16-18-49)21-23-9-11-26(12-10-23)50-22-24-19-25(20-31(56-2)34(24)46-50)43-36(53)27-5-3-8-32(44-27)39(40,41)42/h3-8,19-20,22-23,26,30H,9-18,21H2,1-2H3,(H,43,53)(H,45,52,54). The molecule has 1 saturated carbocycles. The number of nitrogens with zero attached hydrogens (tertiary/aromatic N) is 7. The molecule has 14 nitrogen and oxygen atoms in total. The summed E-state index contributed by atoms with van der Waals surface area (Å²) in [6.45, 7) is 4.35. The van der Waals surface area contributed by atoms with Crippen molar-refractivity contribution in [3.63, 3.8) is 0 Å². The summed E-state index contributed by atoms with van der Waals surface area (Å²) >= 11 is 0. The number of hydrogen-bond donors (Lipinski definition) is 2. The van der Waals surface area contributed by atoms with Crippen LogP contribution >= 0.6 is 0 Å². The van der Waals surface area contributed by atoms with Gasteiger partial charge in [0.1, 0.15) is 28.7 Å². The van der Waals surface area contributed by atoms with E-state index in [-0.39, 0.29) is 29.8 Å². The Kier molecular flexibility index (Phi) is 9.80. The number of amides is 3. The molecule has 2 aliphatic heterocycles. The van der Waals surface area contributed by atoms with Gasteiger partial charge in [-0.1, -0.05) is 12.1 Å². The minimum absolute atomic E-state index is 0.187. The third kappa shape index (κ3) is 7.10. The number of fused-ring (bicyclic) bond motifs is 2. The van der Waals surface area contributed by atoms with Crippen molar-refractivity contribution in [3.8, 4) is 5.75 Å². The Morgan fingerprint density at radius 1 is 0.982 bits per heavy atom. The van der Waals surface area contributed by atoms with Crippen molar-refractivity contribution in [1.82, 2.24) is 34.1 Å². The number of imide groups is 1. The maximum atomic E-state index is 13.4. The number of piperazine rings is 1. The molecule has 0 spiro atoms. The quantitative estimate of drug-likeness (QED) is 0.210. The first kappa shape index (κ1) is 37.2. The minimum Gasteiger partial charge on any atom is -0.494 e. The minimum atomic E-state index is -4.67. The number of pyridine rings is 1. The van der Waals surface area contributed by atoms with Crippen molar-refractivity contribution in [2.24, 2.45) is 13.0 Å². The van der Waals surface area contributed by atoms with Crippen LogP contribution in [0.1, 0.15) is 66.8 Å². The van der Waals surface area contributed by atoms with E-state index in [1.165, 1.54) is 17.7 Å². The fraction of sp³-hybridized carbons (Fsp3) is 0.436. The third-order valence-electron chi connectivity index (χ3n) is 11.4. The maximum Gasteiger partial charge on any atom is 0.433 e. The van der Waals surface area contributed by atoms with Crippen molar-refractivity contribution in [2.75, 3.05) is 50.1 Å². The molecule has 56 heavy (non-hydrogen) atoms. The van der Waals surface area contributed by atoms with Crippen LogP contribution in [0.25, 0.3) is 21.9 Å². The van der Waals surface area contributed by atoms with E-state index in [0.717, 1.165) is 87.1 Å². The van der Waals surface area contributed by atoms with Gasteiger partial charge in [-0.2, -0.15) is 18.3 Å². The second-order valence-electron chi connectivity index (χ2n) is 14.9. The number of halogens is 3. The number of para-hydroxylation sites is 1. The van der Waals surface area contributed by atoms with Gasteiger partial charge in [0.25, 0.3) is 5.91 Å². The number of aryl methyl sites for hydroxylation is 1. The van der Waals surface area contributed by atoms with Gasteiger partial charge in [-0.05, 0) is 68.4 Å². The van der Waals surface area contributed by atoms with Gasteiger partial charge in [0.05, 0.1) is 29.9 Å². The number of alkyl halides is 3. The second-order valence-corrected chi connectivity index (χ2v) is 14.9. The molecule has 3 aromatic heterocycles. The summed E-state index contributed by atoms with van der Waals surface area (Å²) in [4.78, 5) is 59.0. The zero-order valence-corrected chi connectivity index (χ0v) is 31.0. The summed E-state index contributed by atoms with van der Waals surface area (Å²) in [6.07, 6.45) is 1.73. The molecule has 0 radical (unpaired) electrons. The first-order chi connectivity index (χ1) is 26.9. The van der Waals surface area contributed by atoms with Crippen molar-refractivity contribution in [1.29, 1.82) is 0 Å². The van der Waals surface area contributed by atoms with Crippen molar-refractivity contribution in [3.05, 3.63) is 76.6 Å². The highest BCUT2D eigenvalue weighted by Crippen LogP contribution is 2.37. The van der Waals surface area contributed by atoms with E-state index >= 15 is 0 Å². The van der Waals surface area contributed by atoms with Gasteiger partial charge in [0, 0.05) is 69.5 Å². The van der Waals surface area contributed by atoms with Gasteiger partial charge in [0.2, 0.25) is 11.8 Å². The number of imidazole rings is 1. The van der Waals surface area contributed by atoms with Crippen LogP contribution < -0.4 is 26.0 Å². The summed E-state index contributed by atoms with van der Waals surface area (Å²) in [7, 11) is 3.23. The van der Waals surface area contributed by atoms with Gasteiger partial charge in [-0.25, -0.2) is 9.78 Å². The molecule has 294 valence electrons. The third-order valence-corrected chi connectivity index (χ3v) is 11.4. The number of hydrogen-bond acceptors (Lipinski definition) is 9. The molecule has 2 aromatic carbocycles. The van der Waals surface area contributed by atoms with Crippen LogP contribution in [0.2, 0.25) is 0 Å². The zero-order chi connectivity index (χ0) is 39.3. The van der Waals surface area contributed by atoms with Crippen molar-refractivity contribution in [2.45, 2.75) is 56.8 Å². The van der Waals surface area contributed by atoms with Gasteiger partial charge in [-0.15, -0.1) is 0 Å². The molecule has 1 atom stereocenters. The van der Waals surface area contributed by atoms with Crippen LogP contribution in [0.15, 0.2) is 59.5 Å². The number of piperidine rings is 1. The average molecular weight is 774 g/mol. The first-order valence-corrected chi connectivity index (χ1v) is 18.8. The molecule has 0 bridgehead atoms. The highest BCUT2D eigenvalue weighted by Gasteiger charge is 2.34. The number of carbonyl (C=O) groups excluding carboxylic acids is 3. The number of ether oxygens (including phenoxy) is 1. The monoisotopic (exact) mass is 773 g/mol. The summed E-state index contributed by atoms with van der Waals surface area (Å²) < 4.78 is 50.1. The lowest BCUT2D eigenvalue weighted by atomic mass is 9.85. The van der Waals surface area contributed by atoms with Crippen LogP contribution in [-0.2, 0) is 22.8 Å². The summed E-state index contributed by atoms with van der Waals surface area (Å²) in [6, 6.07) is 11.8. The SMILES string of the molecule is COc1cc(NC(=O)c2cccc(C(F)(F)F)n2)cc2cn(C3CCC(CN4CCN(c5cccc6c5n(C)c(=O)n6C5CCC(=O)NC5=O)CC4)CC3)nc12. The van der Waals surface area contributed by atoms with E-state index in [1.807, 2.05) is 29.1 Å². The van der Waals surface area contributed by atoms with E-state index in [9.17, 15) is 32.3 Å². The number of benzene rings is 2. The Morgan fingerprint density at radius 3 is 2.45 bits per heavy atom. The first-order valence-electron chi connectivity index (χ1n) is 18.8. The fourth-order valence-corrected chi connectivity index (χ4v) is 8.48. The molecule has 2 saturated heterocycles. The molecule has 17 heteroatoms. The molecular formula is C39H42F3N9O5. The average Bonchev–Trinajstić information content (AvgIpc) is 3.73. The van der Waals surface area contributed by atoms with Gasteiger partial charge >= 0.3 is 11.9 Å². The van der Waals surface area contributed by atoms with Crippen LogP contribution in [0.5, 0.6) is 5.75 Å². The largest absolute Gasteiger partial charge is 0.494 e. The maximum absolute atomic E-state index is 13.4. The lowest BCUT2D eigenvalue weighted by molar-refractivity contribution is -0.141. The molecule has 2 N–H and O–H groups in total. The summed E-state index contributed by atoms with van der Waals surface area (Å²) in [5.41, 5.74) is 1.65. The zero-order valence-electron chi connectivity index (χ0n) is 31.0. The van der Waals surface area contributed by atoms with E-state index in [0.29, 0.717) is 34.8 Å². The highest BCUT2D eigenvalue weighted by atomic mass is 19.4. The second kappa shape index (κ2) is 14.7. The topological polar surface area (TPSA) is 149 Å².